The van der Waals surface area contributed by atoms with Crippen molar-refractivity contribution in [2.75, 3.05) is 0 Å². The molecule has 0 aromatic carbocycles. The molecular formula is C25H26N6O3. The van der Waals surface area contributed by atoms with E-state index >= 15 is 0 Å². The Balaban J connectivity index is 1.26. The second kappa shape index (κ2) is 9.17. The molecule has 9 nitrogen and oxygen atoms in total. The predicted molar refractivity (Wildman–Crippen MR) is 126 cm³/mol. The molecule has 5 rings (SSSR count). The van der Waals surface area contributed by atoms with E-state index in [2.05, 4.69) is 29.9 Å². The number of fused-ring (bicyclic) bond motifs is 1. The Morgan fingerprint density at radius 1 is 1.06 bits per heavy atom. The first-order valence-electron chi connectivity index (χ1n) is 11.5. The van der Waals surface area contributed by atoms with Crippen molar-refractivity contribution in [3.8, 4) is 28.7 Å². The Morgan fingerprint density at radius 2 is 1.82 bits per heavy atom. The third-order valence-corrected chi connectivity index (χ3v) is 6.30. The molecule has 4 aromatic heterocycles. The number of rotatable bonds is 6. The summed E-state index contributed by atoms with van der Waals surface area (Å²) in [6, 6.07) is 6.26. The number of carbonyl (C=O) groups is 1. The lowest BCUT2D eigenvalue weighted by molar-refractivity contribution is -0.138. The molecule has 0 saturated heterocycles. The Bertz CT molecular complexity index is 1330. The fraction of sp³-hybridized carbons (Fsp3) is 0.360. The van der Waals surface area contributed by atoms with E-state index in [1.165, 1.54) is 0 Å². The fourth-order valence-electron chi connectivity index (χ4n) is 4.44. The van der Waals surface area contributed by atoms with Gasteiger partial charge in [0.2, 0.25) is 0 Å². The van der Waals surface area contributed by atoms with Crippen LogP contribution in [0.25, 0.3) is 33.8 Å². The number of carboxylic acid groups (broad SMARTS) is 1. The maximum atomic E-state index is 10.9. The topological polar surface area (TPSA) is 127 Å². The van der Waals surface area contributed by atoms with Gasteiger partial charge in [-0.3, -0.25) is 9.78 Å². The molecule has 4 heterocycles. The van der Waals surface area contributed by atoms with Crippen LogP contribution in [0.2, 0.25) is 0 Å². The van der Waals surface area contributed by atoms with Gasteiger partial charge in [-0.2, -0.15) is 0 Å². The Hall–Kier alpha value is -3.88. The number of ether oxygens (including phenoxy) is 1. The Labute approximate surface area is 196 Å². The van der Waals surface area contributed by atoms with Crippen molar-refractivity contribution in [1.82, 2.24) is 29.9 Å². The number of carboxylic acids is 1. The lowest BCUT2D eigenvalue weighted by Gasteiger charge is -2.27. The minimum absolute atomic E-state index is 0.0256. The molecule has 0 unspecified atom stereocenters. The van der Waals surface area contributed by atoms with Crippen molar-refractivity contribution >= 4 is 17.1 Å². The summed E-state index contributed by atoms with van der Waals surface area (Å²) in [6.45, 7) is 3.96. The summed E-state index contributed by atoms with van der Waals surface area (Å²) in [7, 11) is 0. The van der Waals surface area contributed by atoms with E-state index in [9.17, 15) is 4.79 Å². The highest BCUT2D eigenvalue weighted by molar-refractivity contribution is 5.77. The number of hydrogen-bond acceptors (Lipinski definition) is 7. The number of hydrogen-bond donors (Lipinski definition) is 2. The molecule has 0 atom stereocenters. The third-order valence-electron chi connectivity index (χ3n) is 6.30. The molecule has 1 aliphatic carbocycles. The van der Waals surface area contributed by atoms with Crippen LogP contribution in [0, 0.1) is 19.8 Å². The van der Waals surface area contributed by atoms with Gasteiger partial charge in [-0.05, 0) is 69.2 Å². The van der Waals surface area contributed by atoms with Crippen LogP contribution in [0.15, 0.2) is 36.8 Å². The summed E-state index contributed by atoms with van der Waals surface area (Å²) in [5, 5.41) is 8.95. The molecule has 34 heavy (non-hydrogen) atoms. The molecule has 1 fully saturated rings. The van der Waals surface area contributed by atoms with Crippen molar-refractivity contribution < 1.29 is 14.6 Å². The quantitative estimate of drug-likeness (QED) is 0.432. The van der Waals surface area contributed by atoms with Gasteiger partial charge in [-0.1, -0.05) is 0 Å². The summed E-state index contributed by atoms with van der Waals surface area (Å²) in [5.41, 5.74) is 6.02. The maximum absolute atomic E-state index is 10.9. The smallest absolute Gasteiger partial charge is 0.316 e. The van der Waals surface area contributed by atoms with Crippen LogP contribution in [0.5, 0.6) is 6.01 Å². The summed E-state index contributed by atoms with van der Waals surface area (Å²) in [4.78, 5) is 36.6. The first-order valence-corrected chi connectivity index (χ1v) is 11.5. The van der Waals surface area contributed by atoms with Crippen LogP contribution < -0.4 is 4.74 Å². The molecule has 0 radical (unpaired) electrons. The highest BCUT2D eigenvalue weighted by atomic mass is 16.5. The van der Waals surface area contributed by atoms with Crippen molar-refractivity contribution in [3.05, 3.63) is 48.0 Å². The van der Waals surface area contributed by atoms with E-state index in [0.29, 0.717) is 11.7 Å². The first-order chi connectivity index (χ1) is 16.4. The van der Waals surface area contributed by atoms with Crippen LogP contribution >= 0.6 is 0 Å². The highest BCUT2D eigenvalue weighted by Crippen LogP contribution is 2.30. The number of H-pyrrole nitrogens is 1. The second-order valence-electron chi connectivity index (χ2n) is 8.91. The zero-order chi connectivity index (χ0) is 23.7. The Kier molecular flexibility index (Phi) is 5.91. The van der Waals surface area contributed by atoms with E-state index in [1.54, 1.807) is 18.6 Å². The average Bonchev–Trinajstić information content (AvgIpc) is 3.23. The molecule has 1 aliphatic rings. The molecule has 9 heteroatoms. The zero-order valence-corrected chi connectivity index (χ0v) is 19.2. The van der Waals surface area contributed by atoms with Crippen LogP contribution in [0.4, 0.5) is 0 Å². The van der Waals surface area contributed by atoms with Gasteiger partial charge in [-0.25, -0.2) is 19.9 Å². The van der Waals surface area contributed by atoms with Gasteiger partial charge >= 0.3 is 12.0 Å². The van der Waals surface area contributed by atoms with Gasteiger partial charge in [-0.15, -0.1) is 0 Å². The van der Waals surface area contributed by atoms with Gasteiger partial charge in [0, 0.05) is 41.8 Å². The molecule has 1 saturated carbocycles. The summed E-state index contributed by atoms with van der Waals surface area (Å²) >= 11 is 0. The predicted octanol–water partition coefficient (Wildman–Crippen LogP) is 4.51. The minimum atomic E-state index is -0.732. The number of imidazole rings is 1. The van der Waals surface area contributed by atoms with Gasteiger partial charge in [0.25, 0.3) is 0 Å². The van der Waals surface area contributed by atoms with E-state index < -0.39 is 5.97 Å². The Morgan fingerprint density at radius 3 is 2.53 bits per heavy atom. The fourth-order valence-corrected chi connectivity index (χ4v) is 4.44. The van der Waals surface area contributed by atoms with Crippen LogP contribution in [0.3, 0.4) is 0 Å². The van der Waals surface area contributed by atoms with E-state index in [-0.39, 0.29) is 18.4 Å². The highest BCUT2D eigenvalue weighted by Gasteiger charge is 2.24. The van der Waals surface area contributed by atoms with Crippen molar-refractivity contribution in [3.63, 3.8) is 0 Å². The first kappa shape index (κ1) is 21.9. The molecule has 2 N–H and O–H groups in total. The summed E-state index contributed by atoms with van der Waals surface area (Å²) in [5.74, 6) is 0.241. The minimum Gasteiger partial charge on any atom is -0.481 e. The average molecular weight is 459 g/mol. The van der Waals surface area contributed by atoms with Crippen molar-refractivity contribution in [1.29, 1.82) is 0 Å². The zero-order valence-electron chi connectivity index (χ0n) is 19.2. The molecular weight excluding hydrogens is 432 g/mol. The number of nitrogens with one attached hydrogen (secondary N) is 1. The lowest BCUT2D eigenvalue weighted by Crippen LogP contribution is -2.25. The molecule has 0 bridgehead atoms. The van der Waals surface area contributed by atoms with Crippen LogP contribution in [-0.2, 0) is 4.79 Å². The molecule has 174 valence electrons. The SMILES string of the molecule is Cc1ccc2[nH]c(-c3cnc(-c4cnc(OC5CCC(CC(=O)O)CC5)nc4)cc3C)nc2n1. The number of aliphatic carboxylic acids is 1. The van der Waals surface area contributed by atoms with E-state index in [1.807, 2.05) is 32.0 Å². The van der Waals surface area contributed by atoms with Crippen LogP contribution in [-0.4, -0.2) is 47.1 Å². The summed E-state index contributed by atoms with van der Waals surface area (Å²) in [6.07, 6.45) is 8.84. The number of nitrogens with zero attached hydrogens (tertiary/aromatic N) is 5. The molecule has 4 aromatic rings. The lowest BCUT2D eigenvalue weighted by atomic mass is 9.85. The standard InChI is InChI=1S/C25H26N6O3/c1-14-9-21(26-13-19(14)23-30-20-8-3-15(2)29-24(20)31-23)17-11-27-25(28-12-17)34-18-6-4-16(5-7-18)10-22(32)33/h3,8-9,11-13,16,18H,4-7,10H2,1-2H3,(H,32,33)(H,29,30,31). The number of pyridine rings is 2. The van der Waals surface area contributed by atoms with Gasteiger partial charge in [0.05, 0.1) is 11.2 Å². The monoisotopic (exact) mass is 458 g/mol. The number of aromatic amines is 1. The largest absolute Gasteiger partial charge is 0.481 e. The van der Waals surface area contributed by atoms with Gasteiger partial charge < -0.3 is 14.8 Å². The number of aryl methyl sites for hydroxylation is 2. The van der Waals surface area contributed by atoms with E-state index in [4.69, 9.17) is 9.84 Å². The molecule has 0 aliphatic heterocycles. The van der Waals surface area contributed by atoms with Crippen LogP contribution in [0.1, 0.15) is 43.4 Å². The number of aromatic nitrogens is 6. The van der Waals surface area contributed by atoms with Crippen molar-refractivity contribution in [2.24, 2.45) is 5.92 Å². The normalized spacial score (nSPS) is 18.2. The third kappa shape index (κ3) is 4.73. The summed E-state index contributed by atoms with van der Waals surface area (Å²) < 4.78 is 5.93. The second-order valence-corrected chi connectivity index (χ2v) is 8.91. The maximum Gasteiger partial charge on any atom is 0.316 e. The molecule has 0 amide bonds. The van der Waals surface area contributed by atoms with E-state index in [0.717, 1.165) is 65.1 Å². The molecule has 0 spiro atoms. The van der Waals surface area contributed by atoms with Gasteiger partial charge in [0.1, 0.15) is 11.9 Å². The van der Waals surface area contributed by atoms with Crippen molar-refractivity contribution in [2.45, 2.75) is 52.1 Å². The van der Waals surface area contributed by atoms with Gasteiger partial charge in [0.15, 0.2) is 5.65 Å².